The summed E-state index contributed by atoms with van der Waals surface area (Å²) in [6.07, 6.45) is 3.74. The average Bonchev–Trinajstić information content (AvgIpc) is 2.16. The van der Waals surface area contributed by atoms with Gasteiger partial charge in [-0.15, -0.1) is 0 Å². The van der Waals surface area contributed by atoms with Crippen LogP contribution in [-0.2, 0) is 5.41 Å². The lowest BCUT2D eigenvalue weighted by Gasteiger charge is -2.41. The maximum absolute atomic E-state index is 5.90. The van der Waals surface area contributed by atoms with Gasteiger partial charge in [0, 0.05) is 12.0 Å². The Bertz CT molecular complexity index is 350. The second-order valence-electron chi connectivity index (χ2n) is 4.58. The van der Waals surface area contributed by atoms with Gasteiger partial charge in [-0.25, -0.2) is 0 Å². The Hall–Kier alpha value is -1.02. The standard InChI is InChI=1S/C13H19NO/c1-10-6-11(8-12(7-10)15-2)13(9-14)4-3-5-13/h6-8H,3-5,9,14H2,1-2H3. The van der Waals surface area contributed by atoms with Crippen molar-refractivity contribution in [2.45, 2.75) is 31.6 Å². The van der Waals surface area contributed by atoms with Gasteiger partial charge in [-0.2, -0.15) is 0 Å². The van der Waals surface area contributed by atoms with Crippen LogP contribution in [0.1, 0.15) is 30.4 Å². The number of hydrogen-bond acceptors (Lipinski definition) is 2. The summed E-state index contributed by atoms with van der Waals surface area (Å²) >= 11 is 0. The van der Waals surface area contributed by atoms with Crippen LogP contribution in [0.4, 0.5) is 0 Å². The van der Waals surface area contributed by atoms with E-state index in [1.807, 2.05) is 0 Å². The van der Waals surface area contributed by atoms with E-state index in [4.69, 9.17) is 10.5 Å². The third-order valence-corrected chi connectivity index (χ3v) is 3.60. The molecule has 2 nitrogen and oxygen atoms in total. The van der Waals surface area contributed by atoms with Crippen molar-refractivity contribution < 1.29 is 4.74 Å². The van der Waals surface area contributed by atoms with E-state index in [-0.39, 0.29) is 5.41 Å². The smallest absolute Gasteiger partial charge is 0.119 e. The number of hydrogen-bond donors (Lipinski definition) is 1. The van der Waals surface area contributed by atoms with Crippen molar-refractivity contribution in [1.29, 1.82) is 0 Å². The van der Waals surface area contributed by atoms with Crippen LogP contribution >= 0.6 is 0 Å². The molecule has 0 heterocycles. The maximum atomic E-state index is 5.90. The van der Waals surface area contributed by atoms with Crippen molar-refractivity contribution in [1.82, 2.24) is 0 Å². The van der Waals surface area contributed by atoms with E-state index in [2.05, 4.69) is 25.1 Å². The quantitative estimate of drug-likeness (QED) is 0.822. The molecule has 0 bridgehead atoms. The zero-order chi connectivity index (χ0) is 10.9. The summed E-state index contributed by atoms with van der Waals surface area (Å²) < 4.78 is 5.30. The molecule has 0 unspecified atom stereocenters. The highest BCUT2D eigenvalue weighted by Gasteiger charge is 2.37. The normalized spacial score (nSPS) is 18.3. The molecule has 2 heteroatoms. The van der Waals surface area contributed by atoms with Crippen LogP contribution in [0.2, 0.25) is 0 Å². The van der Waals surface area contributed by atoms with E-state index < -0.39 is 0 Å². The SMILES string of the molecule is COc1cc(C)cc(C2(CN)CCC2)c1. The van der Waals surface area contributed by atoms with Crippen molar-refractivity contribution in [3.63, 3.8) is 0 Å². The van der Waals surface area contributed by atoms with E-state index in [0.717, 1.165) is 12.3 Å². The molecule has 0 aromatic heterocycles. The molecule has 0 radical (unpaired) electrons. The fraction of sp³-hybridized carbons (Fsp3) is 0.538. The first-order valence-electron chi connectivity index (χ1n) is 5.56. The highest BCUT2D eigenvalue weighted by Crippen LogP contribution is 2.43. The predicted octanol–water partition coefficient (Wildman–Crippen LogP) is 2.38. The number of ether oxygens (including phenoxy) is 1. The van der Waals surface area contributed by atoms with Crippen LogP contribution in [0.5, 0.6) is 5.75 Å². The summed E-state index contributed by atoms with van der Waals surface area (Å²) in [4.78, 5) is 0. The molecule has 2 N–H and O–H groups in total. The van der Waals surface area contributed by atoms with Gasteiger partial charge in [0.05, 0.1) is 7.11 Å². The Balaban J connectivity index is 2.38. The van der Waals surface area contributed by atoms with Gasteiger partial charge >= 0.3 is 0 Å². The molecule has 1 saturated carbocycles. The van der Waals surface area contributed by atoms with Gasteiger partial charge in [-0.05, 0) is 43.0 Å². The fourth-order valence-electron chi connectivity index (χ4n) is 2.39. The van der Waals surface area contributed by atoms with Gasteiger partial charge in [0.1, 0.15) is 5.75 Å². The van der Waals surface area contributed by atoms with Crippen LogP contribution in [-0.4, -0.2) is 13.7 Å². The largest absolute Gasteiger partial charge is 0.497 e. The van der Waals surface area contributed by atoms with Crippen molar-refractivity contribution >= 4 is 0 Å². The van der Waals surface area contributed by atoms with Crippen molar-refractivity contribution in [3.05, 3.63) is 29.3 Å². The zero-order valence-corrected chi connectivity index (χ0v) is 9.55. The van der Waals surface area contributed by atoms with Crippen molar-refractivity contribution in [2.75, 3.05) is 13.7 Å². The first-order chi connectivity index (χ1) is 7.20. The van der Waals surface area contributed by atoms with Gasteiger partial charge in [-0.1, -0.05) is 12.5 Å². The molecule has 1 aliphatic carbocycles. The predicted molar refractivity (Wildman–Crippen MR) is 62.3 cm³/mol. The van der Waals surface area contributed by atoms with E-state index >= 15 is 0 Å². The summed E-state index contributed by atoms with van der Waals surface area (Å²) in [6, 6.07) is 6.44. The first-order valence-corrected chi connectivity index (χ1v) is 5.56. The molecule has 1 aliphatic rings. The molecule has 15 heavy (non-hydrogen) atoms. The van der Waals surface area contributed by atoms with Gasteiger partial charge in [0.15, 0.2) is 0 Å². The first kappa shape index (κ1) is 10.5. The molecule has 0 saturated heterocycles. The van der Waals surface area contributed by atoms with Crippen LogP contribution < -0.4 is 10.5 Å². The molecule has 0 aliphatic heterocycles. The Labute approximate surface area is 91.4 Å². The number of nitrogens with two attached hydrogens (primary N) is 1. The van der Waals surface area contributed by atoms with Crippen molar-refractivity contribution in [3.8, 4) is 5.75 Å². The molecule has 0 atom stereocenters. The minimum Gasteiger partial charge on any atom is -0.497 e. The summed E-state index contributed by atoms with van der Waals surface area (Å²) in [5, 5.41) is 0. The summed E-state index contributed by atoms with van der Waals surface area (Å²) in [5.74, 6) is 0.949. The van der Waals surface area contributed by atoms with Crippen LogP contribution in [0.15, 0.2) is 18.2 Å². The fourth-order valence-corrected chi connectivity index (χ4v) is 2.39. The molecular weight excluding hydrogens is 186 g/mol. The highest BCUT2D eigenvalue weighted by molar-refractivity contribution is 5.39. The monoisotopic (exact) mass is 205 g/mol. The van der Waals surface area contributed by atoms with Crippen LogP contribution in [0, 0.1) is 6.92 Å². The van der Waals surface area contributed by atoms with Gasteiger partial charge in [0.2, 0.25) is 0 Å². The number of methoxy groups -OCH3 is 1. The number of benzene rings is 1. The Morgan fingerprint density at radius 2 is 2.07 bits per heavy atom. The van der Waals surface area contributed by atoms with Crippen molar-refractivity contribution in [2.24, 2.45) is 5.73 Å². The zero-order valence-electron chi connectivity index (χ0n) is 9.55. The number of aryl methyl sites for hydroxylation is 1. The molecule has 1 aromatic rings. The lowest BCUT2D eigenvalue weighted by molar-refractivity contribution is 0.252. The highest BCUT2D eigenvalue weighted by atomic mass is 16.5. The lowest BCUT2D eigenvalue weighted by Crippen LogP contribution is -2.41. The van der Waals surface area contributed by atoms with E-state index in [0.29, 0.717) is 0 Å². The minimum absolute atomic E-state index is 0.235. The van der Waals surface area contributed by atoms with Crippen LogP contribution in [0.25, 0.3) is 0 Å². The molecule has 0 amide bonds. The van der Waals surface area contributed by atoms with Gasteiger partial charge < -0.3 is 10.5 Å². The second-order valence-corrected chi connectivity index (χ2v) is 4.58. The maximum Gasteiger partial charge on any atom is 0.119 e. The third kappa shape index (κ3) is 1.74. The molecule has 1 fully saturated rings. The van der Waals surface area contributed by atoms with E-state index in [9.17, 15) is 0 Å². The summed E-state index contributed by atoms with van der Waals surface area (Å²) in [7, 11) is 1.72. The topological polar surface area (TPSA) is 35.2 Å². The Kier molecular flexibility index (Phi) is 2.70. The van der Waals surface area contributed by atoms with E-state index in [1.165, 1.54) is 30.4 Å². The molecular formula is C13H19NO. The number of rotatable bonds is 3. The molecule has 82 valence electrons. The van der Waals surface area contributed by atoms with E-state index in [1.54, 1.807) is 7.11 Å². The molecule has 2 rings (SSSR count). The van der Waals surface area contributed by atoms with Gasteiger partial charge in [0.25, 0.3) is 0 Å². The lowest BCUT2D eigenvalue weighted by atomic mass is 9.64. The Morgan fingerprint density at radius 3 is 2.53 bits per heavy atom. The summed E-state index contributed by atoms with van der Waals surface area (Å²) in [5.41, 5.74) is 8.75. The second kappa shape index (κ2) is 3.86. The molecule has 1 aromatic carbocycles. The minimum atomic E-state index is 0.235. The summed E-state index contributed by atoms with van der Waals surface area (Å²) in [6.45, 7) is 2.86. The molecule has 0 spiro atoms. The average molecular weight is 205 g/mol. The Morgan fingerprint density at radius 1 is 1.33 bits per heavy atom. The van der Waals surface area contributed by atoms with Crippen LogP contribution in [0.3, 0.4) is 0 Å². The van der Waals surface area contributed by atoms with Gasteiger partial charge in [-0.3, -0.25) is 0 Å². The third-order valence-electron chi connectivity index (χ3n) is 3.60.